The minimum Gasteiger partial charge on any atom is -0.493 e. The van der Waals surface area contributed by atoms with Crippen LogP contribution in [0.3, 0.4) is 0 Å². The van der Waals surface area contributed by atoms with Crippen molar-refractivity contribution in [3.8, 4) is 11.5 Å². The predicted molar refractivity (Wildman–Crippen MR) is 58.1 cm³/mol. The lowest BCUT2D eigenvalue weighted by atomic mass is 10.1. The van der Waals surface area contributed by atoms with Crippen molar-refractivity contribution >= 4 is 16.3 Å². The van der Waals surface area contributed by atoms with Crippen LogP contribution in [0, 0.1) is 0 Å². The Labute approximate surface area is 92.4 Å². The normalized spacial score (nSPS) is 9.93. The van der Waals surface area contributed by atoms with Gasteiger partial charge in [-0.15, -0.1) is 0 Å². The molecule has 3 nitrogen and oxygen atoms in total. The molecule has 0 aromatic heterocycles. The highest BCUT2D eigenvalue weighted by Gasteiger charge is 2.03. The van der Waals surface area contributed by atoms with Crippen LogP contribution in [0.25, 0.3) is 0 Å². The second kappa shape index (κ2) is 5.88. The zero-order valence-electron chi connectivity index (χ0n) is 8.25. The standard InChI is InChI=1S/C10H13BrO3/c1-12-9-4-3-8(5-6-14-11)7-10(9)13-2/h3-4,7H,5-6H2,1-2H3. The van der Waals surface area contributed by atoms with Gasteiger partial charge in [0.2, 0.25) is 0 Å². The van der Waals surface area contributed by atoms with Crippen LogP contribution in [0.4, 0.5) is 0 Å². The average molecular weight is 261 g/mol. The van der Waals surface area contributed by atoms with Crippen LogP contribution in [-0.4, -0.2) is 20.8 Å². The maximum absolute atomic E-state index is 5.18. The molecule has 0 saturated heterocycles. The van der Waals surface area contributed by atoms with Crippen LogP contribution in [0.15, 0.2) is 18.2 Å². The highest BCUT2D eigenvalue weighted by molar-refractivity contribution is 9.06. The van der Waals surface area contributed by atoms with Crippen LogP contribution < -0.4 is 9.47 Å². The van der Waals surface area contributed by atoms with Crippen molar-refractivity contribution in [2.75, 3.05) is 20.8 Å². The SMILES string of the molecule is COc1ccc(CCOBr)cc1OC. The lowest BCUT2D eigenvalue weighted by Crippen LogP contribution is -1.95. The smallest absolute Gasteiger partial charge is 0.160 e. The molecule has 78 valence electrons. The Kier molecular flexibility index (Phi) is 4.76. The molecule has 0 radical (unpaired) electrons. The Morgan fingerprint density at radius 2 is 1.86 bits per heavy atom. The number of halogens is 1. The van der Waals surface area contributed by atoms with E-state index in [0.717, 1.165) is 23.5 Å². The first kappa shape index (κ1) is 11.3. The maximum atomic E-state index is 5.18. The van der Waals surface area contributed by atoms with E-state index in [2.05, 4.69) is 16.3 Å². The molecule has 0 heterocycles. The molecule has 0 amide bonds. The van der Waals surface area contributed by atoms with Gasteiger partial charge >= 0.3 is 0 Å². The first-order valence-electron chi connectivity index (χ1n) is 4.26. The van der Waals surface area contributed by atoms with E-state index in [1.54, 1.807) is 14.2 Å². The zero-order chi connectivity index (χ0) is 10.4. The minimum atomic E-state index is 0.634. The Morgan fingerprint density at radius 3 is 2.43 bits per heavy atom. The van der Waals surface area contributed by atoms with Crippen LogP contribution in [0.5, 0.6) is 11.5 Å². The van der Waals surface area contributed by atoms with Crippen molar-refractivity contribution < 1.29 is 13.3 Å². The molecule has 1 rings (SSSR count). The predicted octanol–water partition coefficient (Wildman–Crippen LogP) is 2.57. The number of hydrogen-bond acceptors (Lipinski definition) is 3. The summed E-state index contributed by atoms with van der Waals surface area (Å²) in [5.41, 5.74) is 1.15. The largest absolute Gasteiger partial charge is 0.493 e. The molecule has 0 aliphatic carbocycles. The van der Waals surface area contributed by atoms with Crippen molar-refractivity contribution in [3.63, 3.8) is 0 Å². The van der Waals surface area contributed by atoms with Gasteiger partial charge in [-0.1, -0.05) is 6.07 Å². The lowest BCUT2D eigenvalue weighted by molar-refractivity contribution is 0.353. The molecular weight excluding hydrogens is 248 g/mol. The van der Waals surface area contributed by atoms with E-state index in [9.17, 15) is 0 Å². The van der Waals surface area contributed by atoms with Gasteiger partial charge < -0.3 is 13.3 Å². The van der Waals surface area contributed by atoms with Crippen LogP contribution in [0.1, 0.15) is 5.56 Å². The Balaban J connectivity index is 2.79. The van der Waals surface area contributed by atoms with Gasteiger partial charge in [-0.2, -0.15) is 0 Å². The quantitative estimate of drug-likeness (QED) is 0.815. The number of benzene rings is 1. The van der Waals surface area contributed by atoms with E-state index in [0.29, 0.717) is 6.61 Å². The number of ether oxygens (including phenoxy) is 2. The molecule has 1 aromatic carbocycles. The maximum Gasteiger partial charge on any atom is 0.160 e. The molecule has 0 N–H and O–H groups in total. The van der Waals surface area contributed by atoms with Gasteiger partial charge in [-0.3, -0.25) is 0 Å². The minimum absolute atomic E-state index is 0.634. The Bertz CT molecular complexity index is 289. The van der Waals surface area contributed by atoms with Crippen molar-refractivity contribution in [3.05, 3.63) is 23.8 Å². The summed E-state index contributed by atoms with van der Waals surface area (Å²) in [6.07, 6.45) is 0.839. The van der Waals surface area contributed by atoms with Gasteiger partial charge in [-0.05, 0) is 24.1 Å². The van der Waals surface area contributed by atoms with E-state index >= 15 is 0 Å². The van der Waals surface area contributed by atoms with Crippen molar-refractivity contribution in [2.24, 2.45) is 0 Å². The highest BCUT2D eigenvalue weighted by Crippen LogP contribution is 2.27. The first-order chi connectivity index (χ1) is 6.81. The summed E-state index contributed by atoms with van der Waals surface area (Å²) in [6, 6.07) is 5.83. The molecular formula is C10H13BrO3. The lowest BCUT2D eigenvalue weighted by Gasteiger charge is -2.08. The van der Waals surface area contributed by atoms with Gasteiger partial charge in [0.15, 0.2) is 11.5 Å². The van der Waals surface area contributed by atoms with Crippen LogP contribution >= 0.6 is 16.3 Å². The van der Waals surface area contributed by atoms with Crippen molar-refractivity contribution in [2.45, 2.75) is 6.42 Å². The average Bonchev–Trinajstić information content (AvgIpc) is 2.25. The molecule has 0 unspecified atom stereocenters. The van der Waals surface area contributed by atoms with E-state index in [1.807, 2.05) is 18.2 Å². The molecule has 0 atom stereocenters. The molecule has 0 spiro atoms. The third kappa shape index (κ3) is 2.89. The Hall–Kier alpha value is -0.740. The van der Waals surface area contributed by atoms with Crippen LogP contribution in [0.2, 0.25) is 0 Å². The molecule has 0 saturated carbocycles. The molecule has 0 aliphatic rings. The first-order valence-corrected chi connectivity index (χ1v) is 4.91. The third-order valence-electron chi connectivity index (χ3n) is 1.92. The van der Waals surface area contributed by atoms with Gasteiger partial charge in [0.25, 0.3) is 0 Å². The molecule has 4 heteroatoms. The monoisotopic (exact) mass is 260 g/mol. The fourth-order valence-corrected chi connectivity index (χ4v) is 1.35. The fourth-order valence-electron chi connectivity index (χ4n) is 1.19. The summed E-state index contributed by atoms with van der Waals surface area (Å²) in [7, 11) is 3.25. The fraction of sp³-hybridized carbons (Fsp3) is 0.400. The number of rotatable bonds is 5. The van der Waals surface area contributed by atoms with Crippen LogP contribution in [-0.2, 0) is 10.2 Å². The summed E-state index contributed by atoms with van der Waals surface area (Å²) in [4.78, 5) is 0. The van der Waals surface area contributed by atoms with E-state index in [-0.39, 0.29) is 0 Å². The molecule has 14 heavy (non-hydrogen) atoms. The van der Waals surface area contributed by atoms with E-state index < -0.39 is 0 Å². The van der Waals surface area contributed by atoms with E-state index in [4.69, 9.17) is 13.3 Å². The van der Waals surface area contributed by atoms with Crippen molar-refractivity contribution in [1.29, 1.82) is 0 Å². The molecule has 1 aromatic rings. The Morgan fingerprint density at radius 1 is 1.14 bits per heavy atom. The summed E-state index contributed by atoms with van der Waals surface area (Å²) in [6.45, 7) is 0.634. The summed E-state index contributed by atoms with van der Waals surface area (Å²) >= 11 is 2.91. The molecule has 0 fully saturated rings. The second-order valence-corrected chi connectivity index (χ2v) is 3.21. The van der Waals surface area contributed by atoms with Gasteiger partial charge in [-0.25, -0.2) is 0 Å². The van der Waals surface area contributed by atoms with Gasteiger partial charge in [0.1, 0.15) is 0 Å². The van der Waals surface area contributed by atoms with E-state index in [1.165, 1.54) is 0 Å². The molecule has 0 bridgehead atoms. The molecule has 0 aliphatic heterocycles. The van der Waals surface area contributed by atoms with Gasteiger partial charge in [0, 0.05) is 0 Å². The zero-order valence-corrected chi connectivity index (χ0v) is 9.83. The number of hydrogen-bond donors (Lipinski definition) is 0. The van der Waals surface area contributed by atoms with Crippen molar-refractivity contribution in [1.82, 2.24) is 0 Å². The topological polar surface area (TPSA) is 27.7 Å². The highest BCUT2D eigenvalue weighted by atomic mass is 79.9. The third-order valence-corrected chi connectivity index (χ3v) is 2.24. The summed E-state index contributed by atoms with van der Waals surface area (Å²) in [5, 5.41) is 0. The summed E-state index contributed by atoms with van der Waals surface area (Å²) in [5.74, 6) is 1.50. The second-order valence-electron chi connectivity index (χ2n) is 2.75. The number of methoxy groups -OCH3 is 2. The summed E-state index contributed by atoms with van der Waals surface area (Å²) < 4.78 is 15.1. The van der Waals surface area contributed by atoms with Gasteiger partial charge in [0.05, 0.1) is 37.1 Å².